The molecule has 2 atom stereocenters. The molecule has 0 aromatic heterocycles. The number of hydrogen-bond donors (Lipinski definition) is 0. The highest BCUT2D eigenvalue weighted by molar-refractivity contribution is 5.46. The summed E-state index contributed by atoms with van der Waals surface area (Å²) in [4.78, 5) is 16.5. The van der Waals surface area contributed by atoms with E-state index in [9.17, 15) is 4.79 Å². The van der Waals surface area contributed by atoms with Crippen molar-refractivity contribution in [1.29, 1.82) is 0 Å². The molecule has 1 aromatic carbocycles. The van der Waals surface area contributed by atoms with E-state index in [1.54, 1.807) is 7.11 Å². The van der Waals surface area contributed by atoms with E-state index in [0.29, 0.717) is 0 Å². The van der Waals surface area contributed by atoms with Gasteiger partial charge in [-0.1, -0.05) is 75.1 Å². The van der Waals surface area contributed by atoms with Gasteiger partial charge in [-0.05, 0) is 31.2 Å². The van der Waals surface area contributed by atoms with Crippen molar-refractivity contribution in [2.45, 2.75) is 58.9 Å². The molecule has 128 valence electrons. The zero-order valence-corrected chi connectivity index (χ0v) is 15.0. The van der Waals surface area contributed by atoms with Gasteiger partial charge < -0.3 is 0 Å². The summed E-state index contributed by atoms with van der Waals surface area (Å²) in [5, 5.41) is 1.46. The first kappa shape index (κ1) is 19.4. The van der Waals surface area contributed by atoms with Crippen molar-refractivity contribution in [2.24, 2.45) is 5.92 Å². The minimum atomic E-state index is 0.0924. The average Bonchev–Trinajstić information content (AvgIpc) is 2.55. The smallest absolute Gasteiger partial charge is 0.233 e. The van der Waals surface area contributed by atoms with Crippen LogP contribution in [0.25, 0.3) is 0 Å². The normalized spacial score (nSPS) is 14.3. The first-order valence-electron chi connectivity index (χ1n) is 8.61. The summed E-state index contributed by atoms with van der Waals surface area (Å²) >= 11 is 0. The molecule has 0 radical (unpaired) electrons. The highest BCUT2D eigenvalue weighted by Gasteiger charge is 2.22. The number of hydrogen-bond acceptors (Lipinski definition) is 2. The number of nitrogens with zero attached hydrogens (tertiary/aromatic N) is 1. The molecule has 0 aliphatic carbocycles. The first-order valence-corrected chi connectivity index (χ1v) is 8.61. The number of unbranched alkanes of at least 4 members (excludes halogenated alkanes) is 2. The van der Waals surface area contributed by atoms with Crippen LogP contribution in [0.15, 0.2) is 42.0 Å². The molecule has 1 rings (SSSR count). The highest BCUT2D eigenvalue weighted by atomic mass is 16.7. The fraction of sp³-hybridized carbons (Fsp3) is 0.550. The fourth-order valence-electron chi connectivity index (χ4n) is 3.02. The molecule has 0 fully saturated rings. The van der Waals surface area contributed by atoms with Gasteiger partial charge in [-0.2, -0.15) is 0 Å². The third-order valence-corrected chi connectivity index (χ3v) is 4.23. The molecular weight excluding hydrogens is 286 g/mol. The SMILES string of the molecule is CCCCCC(C(C)C=C(C)Cc1ccccc1)N(C=O)OC. The van der Waals surface area contributed by atoms with Gasteiger partial charge in [0.2, 0.25) is 6.41 Å². The Balaban J connectivity index is 2.75. The van der Waals surface area contributed by atoms with Crippen LogP contribution in [0.2, 0.25) is 0 Å². The van der Waals surface area contributed by atoms with Gasteiger partial charge in [0.15, 0.2) is 0 Å². The summed E-state index contributed by atoms with van der Waals surface area (Å²) in [7, 11) is 1.56. The fourth-order valence-corrected chi connectivity index (χ4v) is 3.02. The van der Waals surface area contributed by atoms with Crippen LogP contribution < -0.4 is 0 Å². The van der Waals surface area contributed by atoms with Crippen molar-refractivity contribution in [3.05, 3.63) is 47.5 Å². The monoisotopic (exact) mass is 317 g/mol. The molecule has 0 saturated heterocycles. The van der Waals surface area contributed by atoms with Gasteiger partial charge >= 0.3 is 0 Å². The lowest BCUT2D eigenvalue weighted by molar-refractivity contribution is -0.178. The Morgan fingerprint density at radius 1 is 1.26 bits per heavy atom. The Labute approximate surface area is 141 Å². The van der Waals surface area contributed by atoms with E-state index in [4.69, 9.17) is 4.84 Å². The van der Waals surface area contributed by atoms with E-state index in [0.717, 1.165) is 25.7 Å². The standard InChI is InChI=1S/C20H31NO2/c1-5-6-8-13-20(21(16-22)23-4)18(3)14-17(2)15-19-11-9-7-10-12-19/h7,9-12,14,16,18,20H,5-6,8,13,15H2,1-4H3. The van der Waals surface area contributed by atoms with E-state index < -0.39 is 0 Å². The van der Waals surface area contributed by atoms with Crippen molar-refractivity contribution < 1.29 is 9.63 Å². The maximum absolute atomic E-state index is 11.3. The predicted molar refractivity (Wildman–Crippen MR) is 95.9 cm³/mol. The Hall–Kier alpha value is -1.61. The van der Waals surface area contributed by atoms with Crippen molar-refractivity contribution in [2.75, 3.05) is 7.11 Å². The van der Waals surface area contributed by atoms with Crippen molar-refractivity contribution in [3.63, 3.8) is 0 Å². The Morgan fingerprint density at radius 2 is 1.96 bits per heavy atom. The van der Waals surface area contributed by atoms with Crippen molar-refractivity contribution >= 4 is 6.41 Å². The molecule has 0 bridgehead atoms. The second kappa shape index (κ2) is 11.0. The number of hydroxylamine groups is 2. The topological polar surface area (TPSA) is 29.5 Å². The van der Waals surface area contributed by atoms with Gasteiger partial charge in [0.25, 0.3) is 0 Å². The van der Waals surface area contributed by atoms with Gasteiger partial charge in [0.05, 0.1) is 13.2 Å². The second-order valence-corrected chi connectivity index (χ2v) is 6.25. The Bertz CT molecular complexity index is 470. The molecule has 1 aromatic rings. The van der Waals surface area contributed by atoms with Crippen LogP contribution in [0.5, 0.6) is 0 Å². The van der Waals surface area contributed by atoms with Crippen LogP contribution in [0.3, 0.4) is 0 Å². The molecule has 0 spiro atoms. The third kappa shape index (κ3) is 7.00. The second-order valence-electron chi connectivity index (χ2n) is 6.25. The minimum Gasteiger partial charge on any atom is -0.276 e. The Kier molecular flexibility index (Phi) is 9.30. The van der Waals surface area contributed by atoms with E-state index in [1.165, 1.54) is 29.0 Å². The zero-order chi connectivity index (χ0) is 17.1. The number of rotatable bonds is 11. The summed E-state index contributed by atoms with van der Waals surface area (Å²) in [5.41, 5.74) is 2.64. The van der Waals surface area contributed by atoms with Crippen LogP contribution in [0.4, 0.5) is 0 Å². The molecule has 0 heterocycles. The predicted octanol–water partition coefficient (Wildman–Crippen LogP) is 4.78. The molecular formula is C20H31NO2. The van der Waals surface area contributed by atoms with Crippen molar-refractivity contribution in [1.82, 2.24) is 5.06 Å². The lowest BCUT2D eigenvalue weighted by Crippen LogP contribution is -2.37. The van der Waals surface area contributed by atoms with Gasteiger partial charge in [-0.25, -0.2) is 5.06 Å². The summed E-state index contributed by atoms with van der Waals surface area (Å²) < 4.78 is 0. The molecule has 0 saturated carbocycles. The molecule has 0 N–H and O–H groups in total. The minimum absolute atomic E-state index is 0.0924. The maximum atomic E-state index is 11.3. The number of carbonyl (C=O) groups excluding carboxylic acids is 1. The lowest BCUT2D eigenvalue weighted by atomic mass is 9.92. The van der Waals surface area contributed by atoms with Gasteiger partial charge in [0.1, 0.15) is 0 Å². The first-order chi connectivity index (χ1) is 11.1. The molecule has 3 heteroatoms. The molecule has 3 nitrogen and oxygen atoms in total. The number of benzene rings is 1. The lowest BCUT2D eigenvalue weighted by Gasteiger charge is -2.30. The number of carbonyl (C=O) groups is 1. The zero-order valence-electron chi connectivity index (χ0n) is 15.0. The summed E-state index contributed by atoms with van der Waals surface area (Å²) in [5.74, 6) is 0.265. The van der Waals surface area contributed by atoms with Crippen molar-refractivity contribution in [3.8, 4) is 0 Å². The van der Waals surface area contributed by atoms with Crippen LogP contribution in [0.1, 0.15) is 52.0 Å². The third-order valence-electron chi connectivity index (χ3n) is 4.23. The number of amides is 1. The molecule has 23 heavy (non-hydrogen) atoms. The molecule has 0 aliphatic heterocycles. The van der Waals surface area contributed by atoms with E-state index in [-0.39, 0.29) is 12.0 Å². The molecule has 2 unspecified atom stereocenters. The van der Waals surface area contributed by atoms with Gasteiger partial charge in [0, 0.05) is 0 Å². The Morgan fingerprint density at radius 3 is 2.52 bits per heavy atom. The highest BCUT2D eigenvalue weighted by Crippen LogP contribution is 2.21. The molecule has 1 amide bonds. The van der Waals surface area contributed by atoms with Crippen LogP contribution in [0, 0.1) is 5.92 Å². The van der Waals surface area contributed by atoms with E-state index in [2.05, 4.69) is 51.1 Å². The van der Waals surface area contributed by atoms with Crippen LogP contribution >= 0.6 is 0 Å². The summed E-state index contributed by atoms with van der Waals surface area (Å²) in [6.07, 6.45) is 8.47. The van der Waals surface area contributed by atoms with E-state index in [1.807, 2.05) is 6.07 Å². The largest absolute Gasteiger partial charge is 0.276 e. The van der Waals surface area contributed by atoms with Gasteiger partial charge in [-0.3, -0.25) is 9.63 Å². The van der Waals surface area contributed by atoms with E-state index >= 15 is 0 Å². The number of allylic oxidation sites excluding steroid dienone is 1. The summed E-state index contributed by atoms with van der Waals surface area (Å²) in [6, 6.07) is 10.6. The summed E-state index contributed by atoms with van der Waals surface area (Å²) in [6.45, 7) is 6.52. The van der Waals surface area contributed by atoms with Crippen LogP contribution in [-0.2, 0) is 16.1 Å². The maximum Gasteiger partial charge on any atom is 0.233 e. The van der Waals surface area contributed by atoms with Gasteiger partial charge in [-0.15, -0.1) is 0 Å². The average molecular weight is 317 g/mol. The quantitative estimate of drug-likeness (QED) is 0.254. The molecule has 0 aliphatic rings. The van der Waals surface area contributed by atoms with Crippen LogP contribution in [-0.4, -0.2) is 24.6 Å².